The monoisotopic (exact) mass is 299 g/mol. The van der Waals surface area contributed by atoms with E-state index in [0.29, 0.717) is 22.7 Å². The minimum Gasteiger partial charge on any atom is -0.506 e. The Hall–Kier alpha value is -2.26. The Bertz CT molecular complexity index is 737. The van der Waals surface area contributed by atoms with Gasteiger partial charge in [0.05, 0.1) is 5.69 Å². The van der Waals surface area contributed by atoms with Crippen LogP contribution in [0.1, 0.15) is 22.3 Å². The minimum atomic E-state index is 0.0332. The van der Waals surface area contributed by atoms with Crippen molar-refractivity contribution in [3.05, 3.63) is 70.4 Å². The molecule has 0 amide bonds. The van der Waals surface area contributed by atoms with Crippen LogP contribution >= 0.6 is 11.6 Å². The highest BCUT2D eigenvalue weighted by Gasteiger charge is 2.21. The summed E-state index contributed by atoms with van der Waals surface area (Å²) in [5.41, 5.74) is 3.03. The fraction of sp³-hybridized carbons (Fsp3) is 0.118. The molecule has 0 aliphatic heterocycles. The van der Waals surface area contributed by atoms with Crippen molar-refractivity contribution in [3.8, 4) is 5.75 Å². The zero-order valence-electron chi connectivity index (χ0n) is 11.3. The van der Waals surface area contributed by atoms with Gasteiger partial charge in [0.25, 0.3) is 0 Å². The number of benzene rings is 2. The van der Waals surface area contributed by atoms with Gasteiger partial charge in [0, 0.05) is 22.4 Å². The van der Waals surface area contributed by atoms with E-state index in [9.17, 15) is 9.90 Å². The molecule has 0 atom stereocenters. The number of phenols is 1. The summed E-state index contributed by atoms with van der Waals surface area (Å²) in [6, 6.07) is 12.4. The summed E-state index contributed by atoms with van der Waals surface area (Å²) in [6.45, 7) is 0. The Balaban J connectivity index is 1.85. The minimum absolute atomic E-state index is 0.0332. The molecule has 0 heterocycles. The zero-order valence-corrected chi connectivity index (χ0v) is 12.0. The number of anilines is 1. The molecule has 4 heteroatoms. The summed E-state index contributed by atoms with van der Waals surface area (Å²) in [7, 11) is 0. The van der Waals surface area contributed by atoms with Gasteiger partial charge in [-0.25, -0.2) is 0 Å². The number of carbonyl (C=O) groups is 1. The highest BCUT2D eigenvalue weighted by molar-refractivity contribution is 6.30. The molecule has 0 radical (unpaired) electrons. The smallest absolute Gasteiger partial charge is 0.190 e. The lowest BCUT2D eigenvalue weighted by Crippen LogP contribution is -2.15. The van der Waals surface area contributed by atoms with Crippen molar-refractivity contribution < 1.29 is 9.90 Å². The molecule has 21 heavy (non-hydrogen) atoms. The zero-order chi connectivity index (χ0) is 14.8. The number of nitrogens with one attached hydrogen (secondary N) is 1. The number of ketones is 1. The number of allylic oxidation sites excluding steroid dienone is 1. The molecule has 0 spiro atoms. The number of aryl methyl sites for hydroxylation is 1. The van der Waals surface area contributed by atoms with E-state index in [1.54, 1.807) is 18.3 Å². The van der Waals surface area contributed by atoms with E-state index in [1.165, 1.54) is 6.07 Å². The van der Waals surface area contributed by atoms with E-state index in [1.807, 2.05) is 24.3 Å². The van der Waals surface area contributed by atoms with Gasteiger partial charge in [-0.1, -0.05) is 35.9 Å². The number of Topliss-reactive ketones (excluding diaryl/α,β-unsaturated/α-hetero) is 1. The van der Waals surface area contributed by atoms with Crippen LogP contribution in [0.5, 0.6) is 5.75 Å². The second-order valence-electron chi connectivity index (χ2n) is 4.96. The normalized spacial score (nSPS) is 15.9. The van der Waals surface area contributed by atoms with Crippen molar-refractivity contribution in [2.24, 2.45) is 0 Å². The quantitative estimate of drug-likeness (QED) is 0.646. The molecule has 2 aromatic carbocycles. The molecule has 3 rings (SSSR count). The molecule has 0 saturated heterocycles. The van der Waals surface area contributed by atoms with Gasteiger partial charge in [0.15, 0.2) is 5.78 Å². The average molecular weight is 300 g/mol. The number of carbonyl (C=O) groups excluding carboxylic acids is 1. The predicted octanol–water partition coefficient (Wildman–Crippen LogP) is 4.17. The second-order valence-corrected chi connectivity index (χ2v) is 5.40. The Morgan fingerprint density at radius 3 is 2.81 bits per heavy atom. The third kappa shape index (κ3) is 2.78. The van der Waals surface area contributed by atoms with Gasteiger partial charge in [-0.2, -0.15) is 0 Å². The van der Waals surface area contributed by atoms with Gasteiger partial charge in [-0.15, -0.1) is 0 Å². The summed E-state index contributed by atoms with van der Waals surface area (Å²) in [4.78, 5) is 12.4. The van der Waals surface area contributed by atoms with Gasteiger partial charge in [-0.05, 0) is 36.6 Å². The second kappa shape index (κ2) is 5.62. The maximum absolute atomic E-state index is 12.4. The molecule has 3 nitrogen and oxygen atoms in total. The third-order valence-electron chi connectivity index (χ3n) is 3.58. The lowest BCUT2D eigenvalue weighted by molar-refractivity contribution is 0.102. The first-order chi connectivity index (χ1) is 10.1. The van der Waals surface area contributed by atoms with Crippen molar-refractivity contribution in [2.45, 2.75) is 12.8 Å². The number of halogens is 1. The Morgan fingerprint density at radius 2 is 1.95 bits per heavy atom. The van der Waals surface area contributed by atoms with Crippen LogP contribution in [-0.2, 0) is 6.42 Å². The Morgan fingerprint density at radius 1 is 1.14 bits per heavy atom. The van der Waals surface area contributed by atoms with E-state index in [4.69, 9.17) is 11.6 Å². The van der Waals surface area contributed by atoms with Crippen LogP contribution in [0.2, 0.25) is 5.02 Å². The maximum Gasteiger partial charge on any atom is 0.190 e. The fourth-order valence-electron chi connectivity index (χ4n) is 2.44. The fourth-order valence-corrected chi connectivity index (χ4v) is 2.61. The first-order valence-corrected chi connectivity index (χ1v) is 7.09. The van der Waals surface area contributed by atoms with E-state index < -0.39 is 0 Å². The lowest BCUT2D eigenvalue weighted by Gasteiger charge is -2.17. The number of hydrogen-bond acceptors (Lipinski definition) is 3. The number of aromatic hydroxyl groups is 1. The van der Waals surface area contributed by atoms with Crippen molar-refractivity contribution in [2.75, 3.05) is 5.32 Å². The van der Waals surface area contributed by atoms with Gasteiger partial charge in [0.2, 0.25) is 0 Å². The maximum atomic E-state index is 12.4. The summed E-state index contributed by atoms with van der Waals surface area (Å²) in [5, 5.41) is 13.2. The van der Waals surface area contributed by atoms with Crippen LogP contribution in [0.4, 0.5) is 5.69 Å². The van der Waals surface area contributed by atoms with E-state index in [2.05, 4.69) is 5.32 Å². The SMILES string of the molecule is O=C1/C(=C/Nc2cc(Cl)ccc2O)CCc2ccccc21. The van der Waals surface area contributed by atoms with Crippen LogP contribution in [-0.4, -0.2) is 10.9 Å². The number of hydrogen-bond donors (Lipinski definition) is 2. The predicted molar refractivity (Wildman–Crippen MR) is 83.9 cm³/mol. The third-order valence-corrected chi connectivity index (χ3v) is 3.81. The van der Waals surface area contributed by atoms with Crippen molar-refractivity contribution in [1.29, 1.82) is 0 Å². The largest absolute Gasteiger partial charge is 0.506 e. The molecular weight excluding hydrogens is 286 g/mol. The van der Waals surface area contributed by atoms with E-state index >= 15 is 0 Å². The Kier molecular flexibility index (Phi) is 3.67. The summed E-state index contributed by atoms with van der Waals surface area (Å²) < 4.78 is 0. The van der Waals surface area contributed by atoms with E-state index in [-0.39, 0.29) is 11.5 Å². The first kappa shape index (κ1) is 13.7. The molecule has 0 bridgehead atoms. The highest BCUT2D eigenvalue weighted by atomic mass is 35.5. The molecule has 0 aromatic heterocycles. The lowest BCUT2D eigenvalue weighted by atomic mass is 9.87. The molecule has 0 unspecified atom stereocenters. The van der Waals surface area contributed by atoms with Gasteiger partial charge in [-0.3, -0.25) is 4.79 Å². The van der Waals surface area contributed by atoms with Crippen LogP contribution < -0.4 is 5.32 Å². The van der Waals surface area contributed by atoms with Crippen molar-refractivity contribution >= 4 is 23.1 Å². The molecule has 2 N–H and O–H groups in total. The average Bonchev–Trinajstić information content (AvgIpc) is 2.50. The van der Waals surface area contributed by atoms with Crippen LogP contribution in [0.15, 0.2) is 54.2 Å². The summed E-state index contributed by atoms with van der Waals surface area (Å²) in [6.07, 6.45) is 3.19. The van der Waals surface area contributed by atoms with Crippen LogP contribution in [0.25, 0.3) is 0 Å². The van der Waals surface area contributed by atoms with Crippen molar-refractivity contribution in [3.63, 3.8) is 0 Å². The summed E-state index contributed by atoms with van der Waals surface area (Å²) >= 11 is 5.90. The standard InChI is InChI=1S/C17H14ClNO2/c18-13-7-8-16(20)15(9-13)19-10-12-6-5-11-3-1-2-4-14(11)17(12)21/h1-4,7-10,19-20H,5-6H2/b12-10+. The van der Waals surface area contributed by atoms with Gasteiger partial charge >= 0.3 is 0 Å². The number of fused-ring (bicyclic) bond motifs is 1. The molecule has 1 aliphatic rings. The van der Waals surface area contributed by atoms with Crippen LogP contribution in [0.3, 0.4) is 0 Å². The first-order valence-electron chi connectivity index (χ1n) is 6.72. The highest BCUT2D eigenvalue weighted by Crippen LogP contribution is 2.28. The number of rotatable bonds is 2. The molecule has 0 saturated carbocycles. The Labute approximate surface area is 127 Å². The van der Waals surface area contributed by atoms with E-state index in [0.717, 1.165) is 17.5 Å². The van der Waals surface area contributed by atoms with Crippen molar-refractivity contribution in [1.82, 2.24) is 0 Å². The molecular formula is C17H14ClNO2. The molecule has 0 fully saturated rings. The van der Waals surface area contributed by atoms with Gasteiger partial charge in [0.1, 0.15) is 5.75 Å². The van der Waals surface area contributed by atoms with Crippen LogP contribution in [0, 0.1) is 0 Å². The number of phenolic OH excluding ortho intramolecular Hbond substituents is 1. The topological polar surface area (TPSA) is 49.3 Å². The molecule has 1 aliphatic carbocycles. The molecule has 2 aromatic rings. The summed E-state index contributed by atoms with van der Waals surface area (Å²) in [5.74, 6) is 0.130. The van der Waals surface area contributed by atoms with Gasteiger partial charge < -0.3 is 10.4 Å². The molecule has 106 valence electrons.